The van der Waals surface area contributed by atoms with Crippen molar-refractivity contribution in [1.82, 2.24) is 9.80 Å². The van der Waals surface area contributed by atoms with E-state index in [2.05, 4.69) is 28.0 Å². The highest BCUT2D eigenvalue weighted by Crippen LogP contribution is 2.36. The largest absolute Gasteiger partial charge is 0.460 e. The predicted octanol–water partition coefficient (Wildman–Crippen LogP) is 5.17. The molecule has 1 saturated heterocycles. The number of piperazine rings is 1. The molecule has 6 rings (SSSR count). The molecule has 2 aromatic carbocycles. The minimum atomic E-state index is -3.68. The fourth-order valence-corrected chi connectivity index (χ4v) is 7.51. The number of allylic oxidation sites excluding steroid dienone is 4. The van der Waals surface area contributed by atoms with Crippen LogP contribution in [0.4, 0.5) is 5.69 Å². The Morgan fingerprint density at radius 2 is 1.67 bits per heavy atom. The highest BCUT2D eigenvalue weighted by molar-refractivity contribution is 7.92. The highest BCUT2D eigenvalue weighted by atomic mass is 32.2. The first kappa shape index (κ1) is 25.8. The third-order valence-corrected chi connectivity index (χ3v) is 9.76. The predicted molar refractivity (Wildman–Crippen MR) is 152 cm³/mol. The van der Waals surface area contributed by atoms with Crippen LogP contribution in [0.1, 0.15) is 31.2 Å². The van der Waals surface area contributed by atoms with Crippen molar-refractivity contribution in [3.05, 3.63) is 108 Å². The Bertz CT molecular complexity index is 1410. The van der Waals surface area contributed by atoms with Gasteiger partial charge in [-0.1, -0.05) is 60.2 Å². The summed E-state index contributed by atoms with van der Waals surface area (Å²) in [6.07, 6.45) is 14.5. The Morgan fingerprint density at radius 3 is 2.41 bits per heavy atom. The standard InChI is InChI=1S/C31H35N3O4S/c35-39(36,29-12-5-2-6-13-29)34-27(16-15-26-11-7-8-14-30(26)34)22-32-17-19-33(20-18-32)31-24-37-28(23-38-31)21-25-9-3-1-4-10-25/h1-3,5-9,11-14,23-24,27H,4,10,15-22H2. The summed E-state index contributed by atoms with van der Waals surface area (Å²) in [6, 6.07) is 16.6. The maximum atomic E-state index is 13.9. The molecule has 7 nitrogen and oxygen atoms in total. The van der Waals surface area contributed by atoms with E-state index >= 15 is 0 Å². The summed E-state index contributed by atoms with van der Waals surface area (Å²) >= 11 is 0. The minimum absolute atomic E-state index is 0.125. The van der Waals surface area contributed by atoms with E-state index in [9.17, 15) is 8.42 Å². The molecule has 2 aromatic rings. The lowest BCUT2D eigenvalue weighted by Gasteiger charge is -2.42. The van der Waals surface area contributed by atoms with Gasteiger partial charge in [0.2, 0.25) is 5.88 Å². The van der Waals surface area contributed by atoms with E-state index in [-0.39, 0.29) is 6.04 Å². The van der Waals surface area contributed by atoms with Crippen molar-refractivity contribution in [2.24, 2.45) is 0 Å². The molecule has 1 aliphatic carbocycles. The maximum Gasteiger partial charge on any atom is 0.264 e. The van der Waals surface area contributed by atoms with Crippen LogP contribution in [0.25, 0.3) is 0 Å². The number of aryl methyl sites for hydroxylation is 1. The molecule has 204 valence electrons. The van der Waals surface area contributed by atoms with E-state index in [1.54, 1.807) is 41.1 Å². The van der Waals surface area contributed by atoms with Crippen molar-refractivity contribution in [2.45, 2.75) is 43.0 Å². The summed E-state index contributed by atoms with van der Waals surface area (Å²) in [5, 5.41) is 0. The van der Waals surface area contributed by atoms with Crippen LogP contribution in [-0.2, 0) is 25.9 Å². The lowest BCUT2D eigenvalue weighted by molar-refractivity contribution is 0.0802. The Balaban J connectivity index is 1.09. The average molecular weight is 546 g/mol. The second-order valence-corrected chi connectivity index (χ2v) is 12.3. The number of sulfonamides is 1. The number of anilines is 1. The summed E-state index contributed by atoms with van der Waals surface area (Å²) in [5.41, 5.74) is 3.24. The van der Waals surface area contributed by atoms with Crippen LogP contribution in [-0.4, -0.2) is 57.0 Å². The van der Waals surface area contributed by atoms with Crippen molar-refractivity contribution in [3.8, 4) is 0 Å². The number of hydrogen-bond acceptors (Lipinski definition) is 6. The first-order valence-electron chi connectivity index (χ1n) is 13.8. The van der Waals surface area contributed by atoms with Gasteiger partial charge in [0.25, 0.3) is 10.0 Å². The van der Waals surface area contributed by atoms with Crippen molar-refractivity contribution < 1.29 is 17.9 Å². The van der Waals surface area contributed by atoms with Gasteiger partial charge in [-0.25, -0.2) is 8.42 Å². The van der Waals surface area contributed by atoms with Crippen molar-refractivity contribution in [1.29, 1.82) is 0 Å². The number of nitrogens with zero attached hydrogens (tertiary/aromatic N) is 3. The van der Waals surface area contributed by atoms with Crippen LogP contribution in [0.5, 0.6) is 0 Å². The quantitative estimate of drug-likeness (QED) is 0.479. The molecule has 3 aliphatic heterocycles. The summed E-state index contributed by atoms with van der Waals surface area (Å²) in [5.74, 6) is 1.56. The number of para-hydroxylation sites is 1. The van der Waals surface area contributed by atoms with Crippen LogP contribution in [0, 0.1) is 0 Å². The molecule has 1 fully saturated rings. The van der Waals surface area contributed by atoms with E-state index in [0.717, 1.165) is 81.2 Å². The number of rotatable bonds is 7. The Kier molecular flexibility index (Phi) is 7.48. The fraction of sp³-hybridized carbons (Fsp3) is 0.355. The fourth-order valence-electron chi connectivity index (χ4n) is 5.78. The van der Waals surface area contributed by atoms with Crippen molar-refractivity contribution in [3.63, 3.8) is 0 Å². The number of ether oxygens (including phenoxy) is 2. The van der Waals surface area contributed by atoms with Crippen LogP contribution in [0.15, 0.2) is 107 Å². The SMILES string of the molecule is O=S(=O)(c1ccccc1)N1c2ccccc2CCC1CN1CCN(C2=COC(CC3=CC=CCC3)=CO2)CC1. The lowest BCUT2D eigenvalue weighted by Crippen LogP contribution is -2.53. The van der Waals surface area contributed by atoms with E-state index in [1.807, 2.05) is 30.3 Å². The first-order valence-corrected chi connectivity index (χ1v) is 15.2. The molecule has 0 aromatic heterocycles. The number of benzene rings is 2. The zero-order chi connectivity index (χ0) is 26.7. The van der Waals surface area contributed by atoms with Gasteiger partial charge in [-0.2, -0.15) is 0 Å². The summed E-state index contributed by atoms with van der Waals surface area (Å²) in [4.78, 5) is 4.90. The molecule has 0 N–H and O–H groups in total. The third kappa shape index (κ3) is 5.63. The minimum Gasteiger partial charge on any atom is -0.460 e. The van der Waals surface area contributed by atoms with Gasteiger partial charge >= 0.3 is 0 Å². The van der Waals surface area contributed by atoms with E-state index in [0.29, 0.717) is 11.4 Å². The normalized spacial score (nSPS) is 21.7. The highest BCUT2D eigenvalue weighted by Gasteiger charge is 2.37. The molecule has 8 heteroatoms. The second kappa shape index (κ2) is 11.3. The van der Waals surface area contributed by atoms with Crippen molar-refractivity contribution in [2.75, 3.05) is 37.0 Å². The molecule has 4 aliphatic rings. The molecule has 0 saturated carbocycles. The van der Waals surface area contributed by atoms with Crippen molar-refractivity contribution >= 4 is 15.7 Å². The average Bonchev–Trinajstić information content (AvgIpc) is 2.99. The maximum absolute atomic E-state index is 13.9. The van der Waals surface area contributed by atoms with E-state index in [4.69, 9.17) is 9.47 Å². The Labute approximate surface area is 231 Å². The molecule has 1 atom stereocenters. The van der Waals surface area contributed by atoms with Crippen LogP contribution in [0.2, 0.25) is 0 Å². The second-order valence-electron chi connectivity index (χ2n) is 10.5. The van der Waals surface area contributed by atoms with Crippen LogP contribution < -0.4 is 4.31 Å². The van der Waals surface area contributed by atoms with Gasteiger partial charge < -0.3 is 14.4 Å². The number of hydrogen-bond donors (Lipinski definition) is 0. The van der Waals surface area contributed by atoms with E-state index < -0.39 is 10.0 Å². The molecule has 0 spiro atoms. The van der Waals surface area contributed by atoms with Crippen LogP contribution in [0.3, 0.4) is 0 Å². The van der Waals surface area contributed by atoms with Gasteiger partial charge in [0.1, 0.15) is 12.0 Å². The molecular weight excluding hydrogens is 510 g/mol. The molecule has 39 heavy (non-hydrogen) atoms. The first-order chi connectivity index (χ1) is 19.1. The van der Waals surface area contributed by atoms with Gasteiger partial charge in [-0.05, 0) is 49.4 Å². The Hall–Kier alpha value is -3.49. The lowest BCUT2D eigenvalue weighted by atomic mass is 9.97. The molecule has 0 bridgehead atoms. The van der Waals surface area contributed by atoms with Gasteiger partial charge in [0, 0.05) is 39.1 Å². The van der Waals surface area contributed by atoms with Gasteiger partial charge in [-0.15, -0.1) is 0 Å². The topological polar surface area (TPSA) is 62.3 Å². The smallest absolute Gasteiger partial charge is 0.264 e. The molecule has 0 radical (unpaired) electrons. The third-order valence-electron chi connectivity index (χ3n) is 7.88. The van der Waals surface area contributed by atoms with Gasteiger partial charge in [0.15, 0.2) is 6.26 Å². The molecule has 0 amide bonds. The summed E-state index contributed by atoms with van der Waals surface area (Å²) in [6.45, 7) is 3.94. The Morgan fingerprint density at radius 1 is 0.872 bits per heavy atom. The van der Waals surface area contributed by atoms with Gasteiger partial charge in [-0.3, -0.25) is 9.21 Å². The zero-order valence-electron chi connectivity index (χ0n) is 22.1. The molecule has 3 heterocycles. The number of fused-ring (bicyclic) bond motifs is 1. The monoisotopic (exact) mass is 545 g/mol. The van der Waals surface area contributed by atoms with Crippen LogP contribution >= 0.6 is 0 Å². The molecule has 1 unspecified atom stereocenters. The van der Waals surface area contributed by atoms with Gasteiger partial charge in [0.05, 0.1) is 16.6 Å². The summed E-state index contributed by atoms with van der Waals surface area (Å²) in [7, 11) is -3.68. The summed E-state index contributed by atoms with van der Waals surface area (Å²) < 4.78 is 41.3. The molecular formula is C31H35N3O4S. The zero-order valence-corrected chi connectivity index (χ0v) is 22.9. The van der Waals surface area contributed by atoms with E-state index in [1.165, 1.54) is 5.57 Å².